The van der Waals surface area contributed by atoms with Crippen LogP contribution in [0.4, 0.5) is 5.69 Å². The molecule has 0 aromatic heterocycles. The monoisotopic (exact) mass is 748 g/mol. The number of halogens is 1. The van der Waals surface area contributed by atoms with Gasteiger partial charge in [-0.25, -0.2) is 0 Å². The molecule has 2 aromatic rings. The van der Waals surface area contributed by atoms with Gasteiger partial charge in [0.1, 0.15) is 5.75 Å². The Morgan fingerprint density at radius 2 is 1.87 bits per heavy atom. The third-order valence-electron chi connectivity index (χ3n) is 10.3. The molecule has 9 nitrogen and oxygen atoms in total. The lowest BCUT2D eigenvalue weighted by molar-refractivity contribution is -0.150. The number of methoxy groups -OCH3 is 2. The lowest BCUT2D eigenvalue weighted by Gasteiger charge is -2.37. The largest absolute Gasteiger partial charge is 0.497 e. The van der Waals surface area contributed by atoms with Crippen LogP contribution in [0.5, 0.6) is 5.75 Å². The van der Waals surface area contributed by atoms with E-state index in [1.807, 2.05) is 29.2 Å². The van der Waals surface area contributed by atoms with Gasteiger partial charge < -0.3 is 29.1 Å². The lowest BCUT2D eigenvalue weighted by atomic mass is 9.82. The molecule has 11 heteroatoms. The Labute approximate surface area is 280 Å². The highest BCUT2D eigenvalue weighted by atomic mass is 127. The summed E-state index contributed by atoms with van der Waals surface area (Å²) in [6, 6.07) is 14.1. The normalized spacial score (nSPS) is 26.1. The van der Waals surface area contributed by atoms with E-state index in [0.717, 1.165) is 33.4 Å². The molecule has 5 rings (SSSR count). The van der Waals surface area contributed by atoms with E-state index in [1.165, 1.54) is 12.3 Å². The maximum Gasteiger partial charge on any atom is 0.305 e. The molecular formula is C34H45IN2O7Si. The highest BCUT2D eigenvalue weighted by Gasteiger charge is 2.66. The van der Waals surface area contributed by atoms with Crippen molar-refractivity contribution in [1.29, 1.82) is 0 Å². The molecule has 3 heterocycles. The van der Waals surface area contributed by atoms with Gasteiger partial charge in [0.2, 0.25) is 5.91 Å². The van der Waals surface area contributed by atoms with Crippen molar-refractivity contribution in [2.24, 2.45) is 5.92 Å². The molecule has 3 aliphatic heterocycles. The number of carbonyl (C=O) groups is 3. The number of amides is 2. The Hall–Kier alpha value is -2.48. The summed E-state index contributed by atoms with van der Waals surface area (Å²) in [4.78, 5) is 44.0. The zero-order chi connectivity index (χ0) is 32.5. The summed E-state index contributed by atoms with van der Waals surface area (Å²) in [5.74, 6) is 0.182. The molecule has 0 unspecified atom stereocenters. The predicted molar refractivity (Wildman–Crippen MR) is 183 cm³/mol. The molecule has 3 aliphatic rings. The summed E-state index contributed by atoms with van der Waals surface area (Å²) in [5, 5.41) is 11.2. The van der Waals surface area contributed by atoms with Crippen LogP contribution in [-0.4, -0.2) is 81.9 Å². The van der Waals surface area contributed by atoms with Crippen molar-refractivity contribution in [3.8, 4) is 5.75 Å². The minimum Gasteiger partial charge on any atom is -0.497 e. The van der Waals surface area contributed by atoms with Crippen molar-refractivity contribution in [3.63, 3.8) is 0 Å². The van der Waals surface area contributed by atoms with Crippen molar-refractivity contribution in [2.75, 3.05) is 38.8 Å². The maximum absolute atomic E-state index is 14.7. The summed E-state index contributed by atoms with van der Waals surface area (Å²) in [5.41, 5.74) is 0.402. The van der Waals surface area contributed by atoms with Gasteiger partial charge in [0.05, 0.1) is 53.2 Å². The summed E-state index contributed by atoms with van der Waals surface area (Å²) in [6.45, 7) is 7.77. The molecule has 0 bridgehead atoms. The quantitative estimate of drug-likeness (QED) is 0.155. The van der Waals surface area contributed by atoms with E-state index in [0.29, 0.717) is 32.4 Å². The summed E-state index contributed by atoms with van der Waals surface area (Å²) in [6.07, 6.45) is 2.89. The number of ether oxygens (including phenoxy) is 3. The average molecular weight is 749 g/mol. The summed E-state index contributed by atoms with van der Waals surface area (Å²) < 4.78 is 18.3. The fraction of sp³-hybridized carbons (Fsp3) is 0.559. The zero-order valence-corrected chi connectivity index (χ0v) is 30.0. The molecular weight excluding hydrogens is 703 g/mol. The molecule has 0 radical (unpaired) electrons. The van der Waals surface area contributed by atoms with Gasteiger partial charge in [-0.1, -0.05) is 37.3 Å². The second-order valence-electron chi connectivity index (χ2n) is 13.1. The number of carbonyl (C=O) groups excluding carboxylic acids is 3. The lowest BCUT2D eigenvalue weighted by Crippen LogP contribution is -2.52. The first-order chi connectivity index (χ1) is 21.5. The van der Waals surface area contributed by atoms with Crippen molar-refractivity contribution < 1.29 is 33.7 Å². The van der Waals surface area contributed by atoms with Crippen LogP contribution in [0.2, 0.25) is 18.6 Å². The van der Waals surface area contributed by atoms with E-state index >= 15 is 0 Å². The molecule has 1 N–H and O–H groups in total. The van der Waals surface area contributed by atoms with Crippen LogP contribution in [0.3, 0.4) is 0 Å². The molecule has 0 saturated carbocycles. The van der Waals surface area contributed by atoms with E-state index in [4.69, 9.17) is 14.2 Å². The number of aliphatic hydroxyl groups excluding tert-OH is 1. The number of fused-ring (bicyclic) bond motifs is 2. The minimum atomic E-state index is -2.39. The number of benzene rings is 2. The van der Waals surface area contributed by atoms with Crippen molar-refractivity contribution in [1.82, 2.24) is 4.90 Å². The first-order valence-electron chi connectivity index (χ1n) is 15.9. The maximum atomic E-state index is 14.7. The molecule has 244 valence electrons. The topological polar surface area (TPSA) is 106 Å². The van der Waals surface area contributed by atoms with Crippen LogP contribution in [-0.2, 0) is 29.5 Å². The summed E-state index contributed by atoms with van der Waals surface area (Å²) in [7, 11) is 0.643. The smallest absolute Gasteiger partial charge is 0.305 e. The Morgan fingerprint density at radius 1 is 1.13 bits per heavy atom. The van der Waals surface area contributed by atoms with Gasteiger partial charge in [-0.2, -0.15) is 0 Å². The van der Waals surface area contributed by atoms with Gasteiger partial charge >= 0.3 is 5.97 Å². The van der Waals surface area contributed by atoms with Crippen LogP contribution in [0, 0.1) is 9.49 Å². The SMILES string of the molecule is COC(=O)CCCCN1C(=O)[C@@]2(O[C@@H](CC(=O)N3CCC[C@H]3CO)[C@H]([Si](C)(C)c3ccc(OC)cc3)[C@H]2C)c2cc(I)ccc21. The van der Waals surface area contributed by atoms with Crippen LogP contribution in [0.15, 0.2) is 42.5 Å². The van der Waals surface area contributed by atoms with Gasteiger partial charge in [-0.15, -0.1) is 0 Å². The number of hydrogen-bond acceptors (Lipinski definition) is 7. The molecule has 2 saturated heterocycles. The highest BCUT2D eigenvalue weighted by molar-refractivity contribution is 14.1. The van der Waals surface area contributed by atoms with Crippen LogP contribution < -0.4 is 14.8 Å². The number of rotatable bonds is 11. The Morgan fingerprint density at radius 3 is 2.53 bits per heavy atom. The first kappa shape index (κ1) is 33.9. The van der Waals surface area contributed by atoms with E-state index < -0.39 is 19.8 Å². The van der Waals surface area contributed by atoms with Gasteiger partial charge in [-0.05, 0) is 84.1 Å². The highest BCUT2D eigenvalue weighted by Crippen LogP contribution is 2.60. The molecule has 1 spiro atoms. The van der Waals surface area contributed by atoms with E-state index in [1.54, 1.807) is 12.0 Å². The van der Waals surface area contributed by atoms with E-state index in [-0.39, 0.29) is 48.3 Å². The number of aliphatic hydroxyl groups is 1. The fourth-order valence-corrected chi connectivity index (χ4v) is 12.5. The third kappa shape index (κ3) is 6.17. The second kappa shape index (κ2) is 13.7. The average Bonchev–Trinajstić information content (AvgIpc) is 3.69. The molecule has 0 aliphatic carbocycles. The van der Waals surface area contributed by atoms with Crippen molar-refractivity contribution in [2.45, 2.75) is 81.8 Å². The van der Waals surface area contributed by atoms with E-state index in [2.05, 4.69) is 60.8 Å². The number of unbranched alkanes of at least 4 members (excludes halogenated alkanes) is 1. The Kier molecular flexibility index (Phi) is 10.3. The van der Waals surface area contributed by atoms with E-state index in [9.17, 15) is 19.5 Å². The number of likely N-dealkylation sites (tertiary alicyclic amines) is 1. The van der Waals surface area contributed by atoms with Gasteiger partial charge in [0.15, 0.2) is 5.60 Å². The summed E-state index contributed by atoms with van der Waals surface area (Å²) >= 11 is 2.28. The first-order valence-corrected chi connectivity index (χ1v) is 20.1. The minimum absolute atomic E-state index is 0.0293. The third-order valence-corrected chi connectivity index (χ3v) is 15.4. The fourth-order valence-electron chi connectivity index (χ4n) is 7.99. The van der Waals surface area contributed by atoms with Crippen LogP contribution in [0.1, 0.15) is 51.0 Å². The molecule has 45 heavy (non-hydrogen) atoms. The number of anilines is 1. The molecule has 2 aromatic carbocycles. The Bertz CT molecular complexity index is 1420. The molecule has 2 amide bonds. The van der Waals surface area contributed by atoms with Gasteiger partial charge in [0.25, 0.3) is 5.91 Å². The van der Waals surface area contributed by atoms with Crippen molar-refractivity contribution >= 4 is 59.3 Å². The Balaban J connectivity index is 1.54. The number of hydrogen-bond donors (Lipinski definition) is 1. The van der Waals surface area contributed by atoms with Gasteiger partial charge in [0, 0.05) is 34.6 Å². The zero-order valence-electron chi connectivity index (χ0n) is 26.9. The molecule has 5 atom stereocenters. The standard InChI is InChI=1S/C34H45IN2O7Si/c1-22-32(45(4,5)26-14-12-25(42-2)13-15-26)29(20-30(39)36-18-8-9-24(36)21-38)44-34(22)27-19-23(35)11-16-28(27)37(33(34)41)17-7-6-10-31(40)43-3/h11-16,19,22,24,29,32,38H,6-10,17-18,20-21H2,1-5H3/t22-,24+,29+,32-,34+/m1/s1. The van der Waals surface area contributed by atoms with Crippen LogP contribution >= 0.6 is 22.6 Å². The van der Waals surface area contributed by atoms with Crippen LogP contribution in [0.25, 0.3) is 0 Å². The molecule has 2 fully saturated rings. The second-order valence-corrected chi connectivity index (χ2v) is 19.0. The predicted octanol–water partition coefficient (Wildman–Crippen LogP) is 4.58. The van der Waals surface area contributed by atoms with Gasteiger partial charge in [-0.3, -0.25) is 14.4 Å². The number of nitrogens with zero attached hydrogens (tertiary/aromatic N) is 2. The number of esters is 1. The van der Waals surface area contributed by atoms with Crippen molar-refractivity contribution in [3.05, 3.63) is 51.6 Å².